The number of nitrogens with zero attached hydrogens (tertiary/aromatic N) is 2. The number of carbonyl (C=O) groups is 2. The Hall–Kier alpha value is -3.86. The lowest BCUT2D eigenvalue weighted by Crippen LogP contribution is -2.44. The van der Waals surface area contributed by atoms with Crippen molar-refractivity contribution in [2.45, 2.75) is 37.8 Å². The number of carboxylic acid groups (broad SMARTS) is 1. The fourth-order valence-electron chi connectivity index (χ4n) is 5.34. The third kappa shape index (κ3) is 3.98. The average Bonchev–Trinajstić information content (AvgIpc) is 3.17. The highest BCUT2D eigenvalue weighted by molar-refractivity contribution is 5.90. The van der Waals surface area contributed by atoms with E-state index in [4.69, 9.17) is 0 Å². The van der Waals surface area contributed by atoms with Crippen LogP contribution in [0.25, 0.3) is 10.9 Å². The summed E-state index contributed by atoms with van der Waals surface area (Å²) in [5.74, 6) is -1.10. The van der Waals surface area contributed by atoms with E-state index < -0.39 is 5.97 Å². The second-order valence-corrected chi connectivity index (χ2v) is 9.02. The molecule has 0 fully saturated rings. The van der Waals surface area contributed by atoms with Crippen LogP contribution < -0.4 is 0 Å². The van der Waals surface area contributed by atoms with Crippen LogP contribution in [0.2, 0.25) is 0 Å². The number of rotatable bonds is 6. The monoisotopic (exact) mass is 452 g/mol. The van der Waals surface area contributed by atoms with E-state index >= 15 is 0 Å². The van der Waals surface area contributed by atoms with Crippen molar-refractivity contribution in [2.24, 2.45) is 0 Å². The van der Waals surface area contributed by atoms with Crippen LogP contribution in [0.1, 0.15) is 34.7 Å². The summed E-state index contributed by atoms with van der Waals surface area (Å²) in [6.45, 7) is 0.661. The summed E-state index contributed by atoms with van der Waals surface area (Å²) in [5.41, 5.74) is 5.00. The fraction of sp³-hybridized carbons (Fsp3) is 0.241. The molecule has 0 aliphatic carbocycles. The number of aromatic nitrogens is 1. The summed E-state index contributed by atoms with van der Waals surface area (Å²) in [6, 6.07) is 27.9. The van der Waals surface area contributed by atoms with E-state index in [1.54, 1.807) is 0 Å². The Bertz CT molecular complexity index is 1290. The number of hydrogen-bond acceptors (Lipinski definition) is 2. The predicted molar refractivity (Wildman–Crippen MR) is 133 cm³/mol. The first-order valence-electron chi connectivity index (χ1n) is 11.7. The van der Waals surface area contributed by atoms with Crippen LogP contribution >= 0.6 is 0 Å². The van der Waals surface area contributed by atoms with Crippen molar-refractivity contribution < 1.29 is 14.7 Å². The van der Waals surface area contributed by atoms with Crippen LogP contribution in [0.3, 0.4) is 0 Å². The molecule has 5 nitrogen and oxygen atoms in total. The first kappa shape index (κ1) is 22.0. The predicted octanol–water partition coefficient (Wildman–Crippen LogP) is 4.87. The second-order valence-electron chi connectivity index (χ2n) is 9.02. The summed E-state index contributed by atoms with van der Waals surface area (Å²) >= 11 is 0. The second kappa shape index (κ2) is 9.18. The van der Waals surface area contributed by atoms with E-state index in [1.165, 1.54) is 0 Å². The Labute approximate surface area is 199 Å². The van der Waals surface area contributed by atoms with Crippen molar-refractivity contribution in [3.63, 3.8) is 0 Å². The molecule has 172 valence electrons. The number of benzene rings is 3. The van der Waals surface area contributed by atoms with Gasteiger partial charge in [-0.2, -0.15) is 0 Å². The highest BCUT2D eigenvalue weighted by atomic mass is 16.4. The zero-order chi connectivity index (χ0) is 23.7. The van der Waals surface area contributed by atoms with Crippen molar-refractivity contribution in [3.8, 4) is 0 Å². The zero-order valence-electron chi connectivity index (χ0n) is 19.2. The van der Waals surface area contributed by atoms with Gasteiger partial charge < -0.3 is 14.6 Å². The van der Waals surface area contributed by atoms with Gasteiger partial charge >= 0.3 is 5.97 Å². The summed E-state index contributed by atoms with van der Waals surface area (Å²) in [4.78, 5) is 27.4. The molecule has 3 aromatic carbocycles. The zero-order valence-corrected chi connectivity index (χ0v) is 19.2. The topological polar surface area (TPSA) is 62.5 Å². The fourth-order valence-corrected chi connectivity index (χ4v) is 5.34. The summed E-state index contributed by atoms with van der Waals surface area (Å²) in [5, 5.41) is 10.5. The van der Waals surface area contributed by atoms with Gasteiger partial charge in [-0.25, -0.2) is 0 Å². The molecule has 2 heterocycles. The molecule has 5 heteroatoms. The van der Waals surface area contributed by atoms with Crippen molar-refractivity contribution in [3.05, 3.63) is 107 Å². The Morgan fingerprint density at radius 3 is 2.15 bits per heavy atom. The quantitative estimate of drug-likeness (QED) is 0.454. The smallest absolute Gasteiger partial charge is 0.307 e. The Kier molecular flexibility index (Phi) is 5.93. The molecule has 0 saturated heterocycles. The number of fused-ring (bicyclic) bond motifs is 3. The Morgan fingerprint density at radius 1 is 0.941 bits per heavy atom. The van der Waals surface area contributed by atoms with Gasteiger partial charge in [0.1, 0.15) is 0 Å². The molecule has 0 bridgehead atoms. The summed E-state index contributed by atoms with van der Waals surface area (Å²) < 4.78 is 2.23. The third-order valence-corrected chi connectivity index (χ3v) is 7.04. The van der Waals surface area contributed by atoms with E-state index in [-0.39, 0.29) is 24.3 Å². The minimum absolute atomic E-state index is 0.0202. The number of carboxylic acids is 1. The maximum Gasteiger partial charge on any atom is 0.307 e. The van der Waals surface area contributed by atoms with Crippen LogP contribution in [0.4, 0.5) is 0 Å². The van der Waals surface area contributed by atoms with Crippen molar-refractivity contribution in [1.29, 1.82) is 0 Å². The molecule has 1 amide bonds. The van der Waals surface area contributed by atoms with E-state index in [1.807, 2.05) is 96.9 Å². The van der Waals surface area contributed by atoms with Crippen LogP contribution in [0.5, 0.6) is 0 Å². The maximum atomic E-state index is 13.9. The first-order valence-corrected chi connectivity index (χ1v) is 11.7. The SMILES string of the molecule is CN(C(=O)C(c1ccccc1)c1ccccc1)C1CCc2c(CC(=O)O)c3ccccc3n2C1. The molecule has 1 unspecified atom stereocenters. The highest BCUT2D eigenvalue weighted by Gasteiger charge is 2.33. The molecule has 4 aromatic rings. The van der Waals surface area contributed by atoms with Crippen LogP contribution in [-0.2, 0) is 29.0 Å². The molecule has 1 N–H and O–H groups in total. The van der Waals surface area contributed by atoms with Gasteiger partial charge in [0.05, 0.1) is 12.3 Å². The van der Waals surface area contributed by atoms with E-state index in [0.29, 0.717) is 6.54 Å². The molecule has 0 saturated carbocycles. The van der Waals surface area contributed by atoms with Gasteiger partial charge in [-0.15, -0.1) is 0 Å². The number of hydrogen-bond donors (Lipinski definition) is 1. The third-order valence-electron chi connectivity index (χ3n) is 7.04. The summed E-state index contributed by atoms with van der Waals surface area (Å²) in [7, 11) is 1.90. The lowest BCUT2D eigenvalue weighted by atomic mass is 9.89. The normalized spacial score (nSPS) is 15.3. The molecule has 0 spiro atoms. The highest BCUT2D eigenvalue weighted by Crippen LogP contribution is 2.34. The molecule has 1 aliphatic heterocycles. The van der Waals surface area contributed by atoms with Gasteiger partial charge in [0, 0.05) is 36.2 Å². The molecule has 1 aliphatic rings. The van der Waals surface area contributed by atoms with E-state index in [0.717, 1.165) is 46.1 Å². The van der Waals surface area contributed by atoms with Gasteiger partial charge in [0.25, 0.3) is 0 Å². The Morgan fingerprint density at radius 2 is 1.53 bits per heavy atom. The van der Waals surface area contributed by atoms with Crippen molar-refractivity contribution in [2.75, 3.05) is 7.05 Å². The van der Waals surface area contributed by atoms with Crippen LogP contribution in [0, 0.1) is 0 Å². The number of likely N-dealkylation sites (N-methyl/N-ethyl adjacent to an activating group) is 1. The number of amides is 1. The largest absolute Gasteiger partial charge is 0.481 e. The minimum Gasteiger partial charge on any atom is -0.481 e. The summed E-state index contributed by atoms with van der Waals surface area (Å²) in [6.07, 6.45) is 1.58. The van der Waals surface area contributed by atoms with Gasteiger partial charge in [0.15, 0.2) is 0 Å². The average molecular weight is 453 g/mol. The van der Waals surface area contributed by atoms with Crippen LogP contribution in [0.15, 0.2) is 84.9 Å². The van der Waals surface area contributed by atoms with Crippen molar-refractivity contribution in [1.82, 2.24) is 9.47 Å². The van der Waals surface area contributed by atoms with E-state index in [9.17, 15) is 14.7 Å². The molecule has 5 rings (SSSR count). The van der Waals surface area contributed by atoms with Gasteiger partial charge in [0.2, 0.25) is 5.91 Å². The number of carbonyl (C=O) groups excluding carboxylic acids is 1. The molecule has 0 radical (unpaired) electrons. The molecule has 34 heavy (non-hydrogen) atoms. The number of aliphatic carboxylic acids is 1. The minimum atomic E-state index is -0.817. The van der Waals surface area contributed by atoms with Gasteiger partial charge in [-0.3, -0.25) is 9.59 Å². The molecule has 1 aromatic heterocycles. The molecular weight excluding hydrogens is 424 g/mol. The maximum absolute atomic E-state index is 13.9. The van der Waals surface area contributed by atoms with Gasteiger partial charge in [-0.1, -0.05) is 78.9 Å². The van der Waals surface area contributed by atoms with E-state index in [2.05, 4.69) is 4.57 Å². The van der Waals surface area contributed by atoms with Gasteiger partial charge in [-0.05, 0) is 35.6 Å². The molecule has 1 atom stereocenters. The first-order chi connectivity index (χ1) is 16.5. The molecular formula is C29H28N2O3. The lowest BCUT2D eigenvalue weighted by Gasteiger charge is -2.35. The number of para-hydroxylation sites is 1. The van der Waals surface area contributed by atoms with Crippen LogP contribution in [-0.4, -0.2) is 39.5 Å². The Balaban J connectivity index is 1.48. The lowest BCUT2D eigenvalue weighted by molar-refractivity contribution is -0.136. The van der Waals surface area contributed by atoms with Crippen molar-refractivity contribution >= 4 is 22.8 Å². The standard InChI is InChI=1S/C29H28N2O3/c1-30(29(34)28(20-10-4-2-5-11-20)21-12-6-3-7-13-21)22-16-17-26-24(18-27(32)33)23-14-8-9-15-25(23)31(26)19-22/h2-15,22,28H,16-19H2,1H3,(H,32,33).